The van der Waals surface area contributed by atoms with Crippen molar-refractivity contribution in [3.63, 3.8) is 0 Å². The molecule has 0 saturated carbocycles. The van der Waals surface area contributed by atoms with Crippen LogP contribution in [-0.4, -0.2) is 10.8 Å². The van der Waals surface area contributed by atoms with Crippen LogP contribution in [0.3, 0.4) is 0 Å². The van der Waals surface area contributed by atoms with E-state index in [1.165, 1.54) is 43.4 Å². The topological polar surface area (TPSA) is 69.6 Å². The molecule has 298 valence electrons. The molecule has 0 atom stereocenters. The number of allylic oxidation sites excluding steroid dienone is 4. The van der Waals surface area contributed by atoms with Gasteiger partial charge < -0.3 is 30.5 Å². The number of para-hydroxylation sites is 4. The van der Waals surface area contributed by atoms with Gasteiger partial charge in [-0.25, -0.2) is 0 Å². The van der Waals surface area contributed by atoms with Crippen LogP contribution in [0.25, 0.3) is 61.9 Å². The van der Waals surface area contributed by atoms with E-state index in [0.29, 0.717) is 5.82 Å². The minimum absolute atomic E-state index is 0.221. The summed E-state index contributed by atoms with van der Waals surface area (Å²) in [5.74, 6) is 0.936. The number of fused-ring (bicyclic) bond motifs is 6. The number of hydrogen-bond donors (Lipinski definition) is 0. The lowest BCUT2D eigenvalue weighted by molar-refractivity contribution is 0.919. The van der Waals surface area contributed by atoms with Gasteiger partial charge in [-0.1, -0.05) is 157 Å². The number of anilines is 5. The Morgan fingerprint density at radius 2 is 1.21 bits per heavy atom. The third-order valence-corrected chi connectivity index (χ3v) is 12.0. The number of aliphatic imine (C=N–C) groups is 1. The van der Waals surface area contributed by atoms with Crippen LogP contribution in [0.5, 0.6) is 0 Å². The fourth-order valence-electron chi connectivity index (χ4n) is 9.01. The molecule has 62 heavy (non-hydrogen) atoms. The summed E-state index contributed by atoms with van der Waals surface area (Å²) in [6, 6.07) is 59.0. The molecule has 0 unspecified atom stereocenters. The summed E-state index contributed by atoms with van der Waals surface area (Å²) >= 11 is 0. The van der Waals surface area contributed by atoms with Crippen molar-refractivity contribution in [2.45, 2.75) is 25.7 Å². The summed E-state index contributed by atoms with van der Waals surface area (Å²) in [4.78, 5) is 19.1. The van der Waals surface area contributed by atoms with E-state index in [0.717, 1.165) is 76.3 Å². The van der Waals surface area contributed by atoms with Gasteiger partial charge in [0.2, 0.25) is 0 Å². The van der Waals surface area contributed by atoms with Gasteiger partial charge in [0.25, 0.3) is 0 Å². The summed E-state index contributed by atoms with van der Waals surface area (Å²) in [6.07, 6.45) is 15.5. The lowest BCUT2D eigenvalue weighted by Gasteiger charge is -2.31. The van der Waals surface area contributed by atoms with Crippen molar-refractivity contribution in [3.05, 3.63) is 216 Å². The van der Waals surface area contributed by atoms with Crippen LogP contribution in [0.15, 0.2) is 199 Å². The minimum Gasteiger partial charge on any atom is -0.482 e. The van der Waals surface area contributed by atoms with Crippen LogP contribution in [0, 0.1) is 0 Å². The second-order valence-electron chi connectivity index (χ2n) is 15.8. The zero-order valence-electron chi connectivity index (χ0n) is 34.1. The van der Waals surface area contributed by atoms with Crippen LogP contribution in [0.2, 0.25) is 0 Å². The van der Waals surface area contributed by atoms with Gasteiger partial charge in [-0.15, -0.1) is 0 Å². The van der Waals surface area contributed by atoms with Crippen LogP contribution >= 0.6 is 0 Å². The highest BCUT2D eigenvalue weighted by molar-refractivity contribution is 6.15. The van der Waals surface area contributed by atoms with Gasteiger partial charge in [-0.3, -0.25) is 0 Å². The van der Waals surface area contributed by atoms with E-state index in [4.69, 9.17) is 15.7 Å². The van der Waals surface area contributed by atoms with E-state index in [1.54, 1.807) is 0 Å². The van der Waals surface area contributed by atoms with Crippen molar-refractivity contribution >= 4 is 84.7 Å². The molecule has 8 aromatic carbocycles. The first kappa shape index (κ1) is 37.1. The Morgan fingerprint density at radius 1 is 0.565 bits per heavy atom. The highest BCUT2D eigenvalue weighted by Crippen LogP contribution is 2.42. The standard InChI is InChI=1S/C56H42N6/c57-55(58-40-16-4-1-5-17-40)38-28-32-43(33-29-38)62(44-34-30-39(31-35-44)56-59-51-26-14-15-27-52(51)60-56)54-37-50-45-22-10-12-24-47(45)53(36-49(50)46-23-11-13-25-48(46)54)61(41-18-6-2-7-19-41)42-20-8-3-9-21-42/h1-8,10,12,14-20,22-37H,9,11,13,21H2,(H-2,57,58,59,60)/q-2. The van der Waals surface area contributed by atoms with Crippen molar-refractivity contribution < 1.29 is 0 Å². The number of nitrogens with zero attached hydrogens (tertiary/aromatic N) is 5. The number of rotatable bonds is 9. The Kier molecular flexibility index (Phi) is 9.51. The number of benzene rings is 8. The van der Waals surface area contributed by atoms with Crippen molar-refractivity contribution in [3.8, 4) is 11.4 Å². The van der Waals surface area contributed by atoms with E-state index in [9.17, 15) is 0 Å². The Labute approximate surface area is 360 Å². The second kappa shape index (κ2) is 15.9. The van der Waals surface area contributed by atoms with Gasteiger partial charge in [0, 0.05) is 33.4 Å². The number of amidine groups is 1. The summed E-state index contributed by atoms with van der Waals surface area (Å²) in [7, 11) is 0. The molecule has 1 heterocycles. The fraction of sp³-hybridized carbons (Fsp3) is 0.0714. The highest BCUT2D eigenvalue weighted by atomic mass is 15.2. The molecule has 0 amide bonds. The molecule has 0 radical (unpaired) electrons. The van der Waals surface area contributed by atoms with Crippen LogP contribution in [0.1, 0.15) is 31.2 Å². The molecule has 0 spiro atoms. The molecule has 1 aromatic heterocycles. The molecule has 9 aromatic rings. The predicted octanol–water partition coefficient (Wildman–Crippen LogP) is 13.5. The quantitative estimate of drug-likeness (QED) is 0.0828. The Morgan fingerprint density at radius 3 is 1.95 bits per heavy atom. The minimum atomic E-state index is 0.221. The van der Waals surface area contributed by atoms with Crippen molar-refractivity contribution in [1.29, 1.82) is 0 Å². The molecule has 0 fully saturated rings. The van der Waals surface area contributed by atoms with Crippen LogP contribution in [0.4, 0.5) is 34.1 Å². The molecule has 6 nitrogen and oxygen atoms in total. The van der Waals surface area contributed by atoms with E-state index in [1.807, 2.05) is 66.7 Å². The number of nitrogens with one attached hydrogen (secondary N) is 1. The lowest BCUT2D eigenvalue weighted by atomic mass is 9.93. The first-order valence-corrected chi connectivity index (χ1v) is 21.3. The zero-order valence-corrected chi connectivity index (χ0v) is 34.1. The first-order chi connectivity index (χ1) is 30.7. The average Bonchev–Trinajstić information content (AvgIpc) is 3.78. The highest BCUT2D eigenvalue weighted by Gasteiger charge is 2.23. The van der Waals surface area contributed by atoms with E-state index < -0.39 is 0 Å². The Bertz CT molecular complexity index is 3310. The van der Waals surface area contributed by atoms with Crippen molar-refractivity contribution in [2.75, 3.05) is 9.80 Å². The second-order valence-corrected chi connectivity index (χ2v) is 15.8. The van der Waals surface area contributed by atoms with E-state index in [2.05, 4.69) is 148 Å². The van der Waals surface area contributed by atoms with Gasteiger partial charge in [-0.05, 0) is 130 Å². The number of aromatic nitrogens is 2. The summed E-state index contributed by atoms with van der Waals surface area (Å²) < 4.78 is 0. The van der Waals surface area contributed by atoms with Gasteiger partial charge in [-0.2, -0.15) is 0 Å². The molecule has 0 saturated heterocycles. The Hall–Kier alpha value is -7.96. The third-order valence-electron chi connectivity index (χ3n) is 12.0. The molecular formula is C56H42N6-2. The first-order valence-electron chi connectivity index (χ1n) is 21.3. The fourth-order valence-corrected chi connectivity index (χ4v) is 9.01. The van der Waals surface area contributed by atoms with Crippen molar-refractivity contribution in [1.82, 2.24) is 9.97 Å². The maximum Gasteiger partial charge on any atom is 0.0543 e. The van der Waals surface area contributed by atoms with Gasteiger partial charge in [0.05, 0.1) is 11.4 Å². The monoisotopic (exact) mass is 798 g/mol. The third kappa shape index (κ3) is 6.82. The molecular weight excluding hydrogens is 757 g/mol. The molecule has 6 heteroatoms. The van der Waals surface area contributed by atoms with Crippen molar-refractivity contribution in [2.24, 2.45) is 4.99 Å². The normalized spacial score (nSPS) is 13.7. The molecule has 2 aliphatic rings. The smallest absolute Gasteiger partial charge is 0.0543 e. The molecule has 11 rings (SSSR count). The summed E-state index contributed by atoms with van der Waals surface area (Å²) in [5, 5.41) is 7.31. The zero-order chi connectivity index (χ0) is 41.4. The SMILES string of the molecule is [NH-]C(=Nc1ccccc1)c1ccc(N(c2ccc(-c3nc4ccccc4[n-]3)cc2)c2cc3c(cc(N(C4=CC=CCC4)c4ccccc4)c4ccccc43)c3c2=CCCC=3)cc1. The number of imidazole rings is 1. The van der Waals surface area contributed by atoms with E-state index in [-0.39, 0.29) is 5.84 Å². The predicted molar refractivity (Wildman–Crippen MR) is 260 cm³/mol. The summed E-state index contributed by atoms with van der Waals surface area (Å²) in [5.41, 5.74) is 19.8. The lowest BCUT2D eigenvalue weighted by Crippen LogP contribution is -2.33. The van der Waals surface area contributed by atoms with Gasteiger partial charge in [0.15, 0.2) is 0 Å². The molecule has 2 aliphatic carbocycles. The molecule has 0 aliphatic heterocycles. The van der Waals surface area contributed by atoms with Crippen LogP contribution < -0.4 is 25.2 Å². The van der Waals surface area contributed by atoms with Gasteiger partial charge in [0.1, 0.15) is 0 Å². The maximum absolute atomic E-state index is 8.87. The van der Waals surface area contributed by atoms with E-state index >= 15 is 0 Å². The van der Waals surface area contributed by atoms with Gasteiger partial charge >= 0.3 is 0 Å². The van der Waals surface area contributed by atoms with Crippen LogP contribution in [-0.2, 0) is 0 Å². The molecule has 0 bridgehead atoms. The number of hydrogen-bond acceptors (Lipinski definition) is 4. The largest absolute Gasteiger partial charge is 0.482 e. The molecule has 1 N–H and O–H groups in total. The average molecular weight is 799 g/mol. The Balaban J connectivity index is 1.11. The maximum atomic E-state index is 8.87. The summed E-state index contributed by atoms with van der Waals surface area (Å²) in [6.45, 7) is 0.